The van der Waals surface area contributed by atoms with E-state index in [9.17, 15) is 0 Å². The minimum absolute atomic E-state index is 0.457. The normalized spacial score (nSPS) is 10.4. The van der Waals surface area contributed by atoms with Gasteiger partial charge in [0.25, 0.3) is 0 Å². The molecule has 1 aromatic heterocycles. The summed E-state index contributed by atoms with van der Waals surface area (Å²) in [6.07, 6.45) is 0. The van der Waals surface area contributed by atoms with Gasteiger partial charge in [0, 0.05) is 17.0 Å². The second-order valence-corrected chi connectivity index (χ2v) is 3.97. The zero-order chi connectivity index (χ0) is 12.4. The van der Waals surface area contributed by atoms with E-state index in [1.807, 2.05) is 19.9 Å². The van der Waals surface area contributed by atoms with Crippen molar-refractivity contribution in [3.05, 3.63) is 41.7 Å². The van der Waals surface area contributed by atoms with Gasteiger partial charge in [-0.15, -0.1) is 0 Å². The smallest absolute Gasteiger partial charge is 0.423 e. The largest absolute Gasteiger partial charge is 0.488 e. The van der Waals surface area contributed by atoms with Gasteiger partial charge in [0.15, 0.2) is 5.82 Å². The van der Waals surface area contributed by atoms with E-state index in [0.717, 1.165) is 17.0 Å². The molecule has 0 aliphatic carbocycles. The Morgan fingerprint density at radius 1 is 0.941 bits per heavy atom. The topological polar surface area (TPSA) is 66.2 Å². The van der Waals surface area contributed by atoms with Crippen molar-refractivity contribution >= 4 is 12.6 Å². The lowest BCUT2D eigenvalue weighted by Crippen LogP contribution is -2.29. The SMILES string of the molecule is Cc1cc(C)nc(-c2ccc(B(O)O)cc2)n1. The molecule has 4 nitrogen and oxygen atoms in total. The Bertz CT molecular complexity index is 506. The molecule has 0 radical (unpaired) electrons. The van der Waals surface area contributed by atoms with Gasteiger partial charge in [-0.05, 0) is 25.4 Å². The maximum Gasteiger partial charge on any atom is 0.488 e. The van der Waals surface area contributed by atoms with Gasteiger partial charge in [0.1, 0.15) is 0 Å². The molecule has 0 saturated carbocycles. The van der Waals surface area contributed by atoms with Crippen molar-refractivity contribution in [3.8, 4) is 11.4 Å². The van der Waals surface area contributed by atoms with E-state index in [4.69, 9.17) is 10.0 Å². The highest BCUT2D eigenvalue weighted by Crippen LogP contribution is 2.14. The Labute approximate surface area is 100 Å². The molecule has 2 N–H and O–H groups in total. The highest BCUT2D eigenvalue weighted by Gasteiger charge is 2.11. The summed E-state index contributed by atoms with van der Waals surface area (Å²) >= 11 is 0. The fourth-order valence-electron chi connectivity index (χ4n) is 1.66. The van der Waals surface area contributed by atoms with Crippen molar-refractivity contribution in [1.29, 1.82) is 0 Å². The van der Waals surface area contributed by atoms with Gasteiger partial charge in [0.2, 0.25) is 0 Å². The molecule has 0 unspecified atom stereocenters. The van der Waals surface area contributed by atoms with Crippen LogP contribution >= 0.6 is 0 Å². The summed E-state index contributed by atoms with van der Waals surface area (Å²) in [6.45, 7) is 3.84. The van der Waals surface area contributed by atoms with Crippen LogP contribution in [0.25, 0.3) is 11.4 Å². The molecule has 86 valence electrons. The standard InChI is InChI=1S/C12H13BN2O2/c1-8-7-9(2)15-12(14-8)10-3-5-11(6-4-10)13(16)17/h3-7,16-17H,1-2H3. The Morgan fingerprint density at radius 2 is 1.47 bits per heavy atom. The molecule has 0 spiro atoms. The third-order valence-corrected chi connectivity index (χ3v) is 2.45. The van der Waals surface area contributed by atoms with Crippen molar-refractivity contribution in [1.82, 2.24) is 9.97 Å². The quantitative estimate of drug-likeness (QED) is 0.732. The molecule has 0 aliphatic heterocycles. The van der Waals surface area contributed by atoms with E-state index in [-0.39, 0.29) is 0 Å². The first kappa shape index (κ1) is 11.8. The number of nitrogens with zero attached hydrogens (tertiary/aromatic N) is 2. The first-order valence-corrected chi connectivity index (χ1v) is 5.35. The summed E-state index contributed by atoms with van der Waals surface area (Å²) in [7, 11) is -1.44. The van der Waals surface area contributed by atoms with Crippen molar-refractivity contribution in [2.45, 2.75) is 13.8 Å². The second kappa shape index (κ2) is 4.65. The highest BCUT2D eigenvalue weighted by atomic mass is 16.4. The van der Waals surface area contributed by atoms with Gasteiger partial charge in [-0.1, -0.05) is 24.3 Å². The number of benzene rings is 1. The fraction of sp³-hybridized carbons (Fsp3) is 0.167. The molecule has 17 heavy (non-hydrogen) atoms. The first-order valence-electron chi connectivity index (χ1n) is 5.35. The summed E-state index contributed by atoms with van der Waals surface area (Å²) < 4.78 is 0. The van der Waals surface area contributed by atoms with Crippen molar-refractivity contribution in [2.75, 3.05) is 0 Å². The third kappa shape index (κ3) is 2.69. The molecule has 1 heterocycles. The van der Waals surface area contributed by atoms with Gasteiger partial charge in [-0.25, -0.2) is 9.97 Å². The highest BCUT2D eigenvalue weighted by molar-refractivity contribution is 6.58. The number of aryl methyl sites for hydroxylation is 2. The van der Waals surface area contributed by atoms with Gasteiger partial charge in [-0.2, -0.15) is 0 Å². The van der Waals surface area contributed by atoms with E-state index in [1.54, 1.807) is 24.3 Å². The zero-order valence-electron chi connectivity index (χ0n) is 9.75. The molecular weight excluding hydrogens is 215 g/mol. The number of aromatic nitrogens is 2. The van der Waals surface area contributed by atoms with Crippen molar-refractivity contribution in [3.63, 3.8) is 0 Å². The molecule has 0 atom stereocenters. The number of rotatable bonds is 2. The van der Waals surface area contributed by atoms with Gasteiger partial charge >= 0.3 is 7.12 Å². The molecule has 2 aromatic rings. The van der Waals surface area contributed by atoms with Gasteiger partial charge in [0.05, 0.1) is 0 Å². The van der Waals surface area contributed by atoms with Crippen LogP contribution in [-0.4, -0.2) is 27.1 Å². The van der Waals surface area contributed by atoms with Crippen LogP contribution in [0.15, 0.2) is 30.3 Å². The Kier molecular flexibility index (Phi) is 3.22. The van der Waals surface area contributed by atoms with E-state index in [0.29, 0.717) is 11.3 Å². The zero-order valence-corrected chi connectivity index (χ0v) is 9.75. The lowest BCUT2D eigenvalue weighted by Gasteiger charge is -2.04. The molecule has 0 fully saturated rings. The third-order valence-electron chi connectivity index (χ3n) is 2.45. The maximum atomic E-state index is 9.00. The van der Waals surface area contributed by atoms with Crippen LogP contribution in [0, 0.1) is 13.8 Å². The van der Waals surface area contributed by atoms with E-state index in [1.165, 1.54) is 0 Å². The maximum absolute atomic E-state index is 9.00. The molecule has 0 bridgehead atoms. The predicted octanol–water partition coefficient (Wildman–Crippen LogP) is 0.440. The molecular formula is C12H13BN2O2. The van der Waals surface area contributed by atoms with Crippen LogP contribution in [-0.2, 0) is 0 Å². The average Bonchev–Trinajstić information content (AvgIpc) is 2.28. The Morgan fingerprint density at radius 3 is 1.94 bits per heavy atom. The minimum Gasteiger partial charge on any atom is -0.423 e. The Hall–Kier alpha value is -1.72. The summed E-state index contributed by atoms with van der Waals surface area (Å²) in [5, 5.41) is 18.0. The average molecular weight is 228 g/mol. The van der Waals surface area contributed by atoms with Crippen LogP contribution in [0.5, 0.6) is 0 Å². The predicted molar refractivity (Wildman–Crippen MR) is 66.8 cm³/mol. The van der Waals surface area contributed by atoms with E-state index >= 15 is 0 Å². The summed E-state index contributed by atoms with van der Waals surface area (Å²) in [5.41, 5.74) is 3.15. The van der Waals surface area contributed by atoms with Crippen molar-refractivity contribution in [2.24, 2.45) is 0 Å². The summed E-state index contributed by atoms with van der Waals surface area (Å²) in [5.74, 6) is 0.654. The monoisotopic (exact) mass is 228 g/mol. The molecule has 1 aromatic carbocycles. The summed E-state index contributed by atoms with van der Waals surface area (Å²) in [4.78, 5) is 8.69. The number of hydrogen-bond acceptors (Lipinski definition) is 4. The van der Waals surface area contributed by atoms with Crippen LogP contribution in [0.4, 0.5) is 0 Å². The Balaban J connectivity index is 2.39. The van der Waals surface area contributed by atoms with Crippen LogP contribution in [0.1, 0.15) is 11.4 Å². The first-order chi connectivity index (χ1) is 8.06. The molecule has 0 saturated heterocycles. The molecule has 0 aliphatic rings. The van der Waals surface area contributed by atoms with Crippen molar-refractivity contribution < 1.29 is 10.0 Å². The van der Waals surface area contributed by atoms with E-state index < -0.39 is 7.12 Å². The van der Waals surface area contributed by atoms with Gasteiger partial charge in [-0.3, -0.25) is 0 Å². The molecule has 2 rings (SSSR count). The van der Waals surface area contributed by atoms with Crippen LogP contribution < -0.4 is 5.46 Å². The lowest BCUT2D eigenvalue weighted by atomic mass is 9.80. The molecule has 0 amide bonds. The minimum atomic E-state index is -1.44. The van der Waals surface area contributed by atoms with Crippen LogP contribution in [0.2, 0.25) is 0 Å². The number of hydrogen-bond donors (Lipinski definition) is 2. The van der Waals surface area contributed by atoms with Gasteiger partial charge < -0.3 is 10.0 Å². The van der Waals surface area contributed by atoms with Crippen LogP contribution in [0.3, 0.4) is 0 Å². The molecule has 5 heteroatoms. The van der Waals surface area contributed by atoms with E-state index in [2.05, 4.69) is 9.97 Å². The fourth-order valence-corrected chi connectivity index (χ4v) is 1.66. The second-order valence-electron chi connectivity index (χ2n) is 3.97. The lowest BCUT2D eigenvalue weighted by molar-refractivity contribution is 0.426. The summed E-state index contributed by atoms with van der Waals surface area (Å²) in [6, 6.07) is 8.78.